The average Bonchev–Trinajstić information content (AvgIpc) is 2.95. The smallest absolute Gasteiger partial charge is 0.210 e. The number of nitrogens with zero attached hydrogens (tertiary/aromatic N) is 3. The minimum atomic E-state index is 0.549. The van der Waals surface area contributed by atoms with Gasteiger partial charge in [0.2, 0.25) is 5.16 Å². The molecular weight excluding hydrogens is 363 g/mol. The number of benzene rings is 2. The predicted molar refractivity (Wildman–Crippen MR) is 100 cm³/mol. The highest BCUT2D eigenvalue weighted by molar-refractivity contribution is 7.98. The molecule has 0 aliphatic heterocycles. The molecule has 1 aromatic heterocycles. The Labute approximate surface area is 155 Å². The zero-order valence-corrected chi connectivity index (χ0v) is 15.2. The third-order valence-electron chi connectivity index (χ3n) is 3.57. The summed E-state index contributed by atoms with van der Waals surface area (Å²) < 4.78 is 1.56. The zero-order valence-electron chi connectivity index (χ0n) is 12.8. The molecular formula is C17H16Cl2N4S. The molecule has 3 rings (SSSR count). The summed E-state index contributed by atoms with van der Waals surface area (Å²) in [5.41, 5.74) is 2.31. The molecule has 0 bridgehead atoms. The summed E-state index contributed by atoms with van der Waals surface area (Å²) in [6.07, 6.45) is 1.63. The van der Waals surface area contributed by atoms with E-state index in [4.69, 9.17) is 29.0 Å². The Bertz CT molecular complexity index is 821. The van der Waals surface area contributed by atoms with E-state index in [1.165, 1.54) is 17.3 Å². The fourth-order valence-electron chi connectivity index (χ4n) is 2.25. The predicted octanol–water partition coefficient (Wildman–Crippen LogP) is 4.38. The minimum absolute atomic E-state index is 0.549. The van der Waals surface area contributed by atoms with Crippen LogP contribution in [0.25, 0.3) is 0 Å². The van der Waals surface area contributed by atoms with Gasteiger partial charge < -0.3 is 5.84 Å². The van der Waals surface area contributed by atoms with Gasteiger partial charge in [-0.25, -0.2) is 4.68 Å². The summed E-state index contributed by atoms with van der Waals surface area (Å²) in [5, 5.41) is 10.2. The number of nitrogens with two attached hydrogens (primary N) is 1. The molecule has 2 N–H and O–H groups in total. The number of hydrogen-bond acceptors (Lipinski definition) is 4. The summed E-state index contributed by atoms with van der Waals surface area (Å²) in [6.45, 7) is 0. The summed E-state index contributed by atoms with van der Waals surface area (Å²) in [5.74, 6) is 7.58. The van der Waals surface area contributed by atoms with Crippen LogP contribution in [0.4, 0.5) is 0 Å². The molecule has 124 valence electrons. The summed E-state index contributed by atoms with van der Waals surface area (Å²) >= 11 is 13.5. The molecule has 3 aromatic rings. The number of nitrogen functional groups attached to an aromatic ring is 1. The van der Waals surface area contributed by atoms with Crippen molar-refractivity contribution in [3.05, 3.63) is 75.5 Å². The van der Waals surface area contributed by atoms with E-state index in [-0.39, 0.29) is 0 Å². The van der Waals surface area contributed by atoms with E-state index in [1.54, 1.807) is 10.7 Å². The Morgan fingerprint density at radius 1 is 0.917 bits per heavy atom. The van der Waals surface area contributed by atoms with Gasteiger partial charge in [0.05, 0.1) is 10.0 Å². The van der Waals surface area contributed by atoms with Crippen LogP contribution in [0.3, 0.4) is 0 Å². The highest BCUT2D eigenvalue weighted by Crippen LogP contribution is 2.26. The van der Waals surface area contributed by atoms with Gasteiger partial charge in [-0.3, -0.25) is 0 Å². The monoisotopic (exact) mass is 378 g/mol. The molecule has 0 amide bonds. The van der Waals surface area contributed by atoms with Gasteiger partial charge in [0.15, 0.2) is 5.82 Å². The van der Waals surface area contributed by atoms with E-state index in [2.05, 4.69) is 22.3 Å². The zero-order chi connectivity index (χ0) is 16.9. The van der Waals surface area contributed by atoms with Crippen LogP contribution >= 0.6 is 35.0 Å². The first kappa shape index (κ1) is 17.1. The third-order valence-corrected chi connectivity index (χ3v) is 5.32. The summed E-state index contributed by atoms with van der Waals surface area (Å²) in [7, 11) is 0. The first-order valence-corrected chi connectivity index (χ1v) is 9.17. The molecule has 7 heteroatoms. The Balaban J connectivity index is 1.61. The second-order valence-corrected chi connectivity index (χ2v) is 7.05. The molecule has 0 saturated carbocycles. The number of aromatic nitrogens is 3. The maximum atomic E-state index is 6.11. The van der Waals surface area contributed by atoms with Crippen LogP contribution < -0.4 is 5.84 Å². The van der Waals surface area contributed by atoms with Gasteiger partial charge in [-0.05, 0) is 29.7 Å². The van der Waals surface area contributed by atoms with E-state index >= 15 is 0 Å². The van der Waals surface area contributed by atoms with E-state index < -0.39 is 0 Å². The lowest BCUT2D eigenvalue weighted by molar-refractivity contribution is 0.767. The van der Waals surface area contributed by atoms with E-state index in [0.717, 1.165) is 24.2 Å². The lowest BCUT2D eigenvalue weighted by Gasteiger charge is -2.05. The molecule has 0 unspecified atom stereocenters. The van der Waals surface area contributed by atoms with Gasteiger partial charge in [-0.1, -0.05) is 71.4 Å². The van der Waals surface area contributed by atoms with Gasteiger partial charge in [0.25, 0.3) is 0 Å². The maximum Gasteiger partial charge on any atom is 0.210 e. The lowest BCUT2D eigenvalue weighted by Crippen LogP contribution is -2.14. The summed E-state index contributed by atoms with van der Waals surface area (Å²) in [6, 6.07) is 15.8. The van der Waals surface area contributed by atoms with Gasteiger partial charge in [-0.2, -0.15) is 0 Å². The number of thioether (sulfide) groups is 1. The molecule has 0 aliphatic rings. The van der Waals surface area contributed by atoms with Crippen LogP contribution in [0.5, 0.6) is 0 Å². The molecule has 0 radical (unpaired) electrons. The molecule has 0 aliphatic carbocycles. The van der Waals surface area contributed by atoms with Crippen LogP contribution in [0, 0.1) is 0 Å². The normalized spacial score (nSPS) is 10.9. The molecule has 0 atom stereocenters. The molecule has 2 aromatic carbocycles. The van der Waals surface area contributed by atoms with Crippen LogP contribution in [0.2, 0.25) is 10.0 Å². The molecule has 0 spiro atoms. The Morgan fingerprint density at radius 3 is 2.46 bits per heavy atom. The van der Waals surface area contributed by atoms with Crippen molar-refractivity contribution in [1.82, 2.24) is 14.9 Å². The highest BCUT2D eigenvalue weighted by atomic mass is 35.5. The number of halogens is 2. The number of rotatable bonds is 6. The molecule has 0 fully saturated rings. The minimum Gasteiger partial charge on any atom is -0.336 e. The quantitative estimate of drug-likeness (QED) is 0.510. The van der Waals surface area contributed by atoms with Crippen molar-refractivity contribution >= 4 is 35.0 Å². The standard InChI is InChI=1S/C17H16Cl2N4S/c18-14-8-6-13(10-15(14)19)11-24-17-22-21-16(23(17)20)9-7-12-4-2-1-3-5-12/h1-6,8,10H,7,9,11,20H2. The van der Waals surface area contributed by atoms with Gasteiger partial charge >= 0.3 is 0 Å². The van der Waals surface area contributed by atoms with Crippen molar-refractivity contribution in [2.45, 2.75) is 23.8 Å². The number of hydrogen-bond donors (Lipinski definition) is 1. The average molecular weight is 379 g/mol. The van der Waals surface area contributed by atoms with Crippen LogP contribution in [0.15, 0.2) is 53.7 Å². The number of aryl methyl sites for hydroxylation is 2. The van der Waals surface area contributed by atoms with Crippen molar-refractivity contribution < 1.29 is 0 Å². The van der Waals surface area contributed by atoms with Crippen molar-refractivity contribution in [3.63, 3.8) is 0 Å². The Morgan fingerprint density at radius 2 is 1.71 bits per heavy atom. The fraction of sp³-hybridized carbons (Fsp3) is 0.176. The third kappa shape index (κ3) is 4.23. The summed E-state index contributed by atoms with van der Waals surface area (Å²) in [4.78, 5) is 0. The Hall–Kier alpha value is -1.69. The van der Waals surface area contributed by atoms with E-state index in [0.29, 0.717) is 21.0 Å². The van der Waals surface area contributed by atoms with Crippen LogP contribution in [-0.2, 0) is 18.6 Å². The van der Waals surface area contributed by atoms with Gasteiger partial charge in [0, 0.05) is 12.2 Å². The van der Waals surface area contributed by atoms with E-state index in [1.807, 2.05) is 30.3 Å². The van der Waals surface area contributed by atoms with Crippen LogP contribution in [0.1, 0.15) is 17.0 Å². The lowest BCUT2D eigenvalue weighted by atomic mass is 10.1. The maximum absolute atomic E-state index is 6.11. The highest BCUT2D eigenvalue weighted by Gasteiger charge is 2.11. The molecule has 1 heterocycles. The molecule has 0 saturated heterocycles. The fourth-order valence-corrected chi connectivity index (χ4v) is 3.39. The first-order chi connectivity index (χ1) is 11.6. The second kappa shape index (κ2) is 7.92. The molecule has 24 heavy (non-hydrogen) atoms. The van der Waals surface area contributed by atoms with E-state index in [9.17, 15) is 0 Å². The van der Waals surface area contributed by atoms with Gasteiger partial charge in [-0.15, -0.1) is 10.2 Å². The molecule has 4 nitrogen and oxygen atoms in total. The van der Waals surface area contributed by atoms with Crippen molar-refractivity contribution in [3.8, 4) is 0 Å². The van der Waals surface area contributed by atoms with Crippen LogP contribution in [-0.4, -0.2) is 14.9 Å². The first-order valence-electron chi connectivity index (χ1n) is 7.43. The van der Waals surface area contributed by atoms with Crippen molar-refractivity contribution in [2.75, 3.05) is 5.84 Å². The van der Waals surface area contributed by atoms with Gasteiger partial charge in [0.1, 0.15) is 0 Å². The second-order valence-electron chi connectivity index (χ2n) is 5.29. The SMILES string of the molecule is Nn1c(CCc2ccccc2)nnc1SCc1ccc(Cl)c(Cl)c1. The van der Waals surface area contributed by atoms with Crippen molar-refractivity contribution in [2.24, 2.45) is 0 Å². The Kier molecular flexibility index (Phi) is 5.66. The topological polar surface area (TPSA) is 56.7 Å². The van der Waals surface area contributed by atoms with Crippen molar-refractivity contribution in [1.29, 1.82) is 0 Å². The largest absolute Gasteiger partial charge is 0.336 e.